The van der Waals surface area contributed by atoms with Crippen molar-refractivity contribution in [3.8, 4) is 0 Å². The fraction of sp³-hybridized carbons (Fsp3) is 0.538. The topological polar surface area (TPSA) is 53.4 Å². The first-order chi connectivity index (χ1) is 8.16. The van der Waals surface area contributed by atoms with E-state index < -0.39 is 5.97 Å². The van der Waals surface area contributed by atoms with Crippen LogP contribution < -0.4 is 4.90 Å². The van der Waals surface area contributed by atoms with Crippen LogP contribution in [0.4, 0.5) is 5.69 Å². The molecule has 0 saturated carbocycles. The van der Waals surface area contributed by atoms with Gasteiger partial charge in [0.15, 0.2) is 0 Å². The Bertz CT molecular complexity index is 398. The van der Waals surface area contributed by atoms with E-state index in [1.807, 2.05) is 18.5 Å². The highest BCUT2D eigenvalue weighted by Crippen LogP contribution is 2.26. The normalized spacial score (nSPS) is 17.1. The van der Waals surface area contributed by atoms with Gasteiger partial charge < -0.3 is 10.0 Å². The van der Waals surface area contributed by atoms with Gasteiger partial charge in [-0.05, 0) is 37.3 Å². The summed E-state index contributed by atoms with van der Waals surface area (Å²) in [6.07, 6.45) is 5.93. The Morgan fingerprint density at radius 3 is 2.82 bits per heavy atom. The maximum Gasteiger partial charge on any atom is 0.303 e. The third-order valence-electron chi connectivity index (χ3n) is 3.41. The van der Waals surface area contributed by atoms with Gasteiger partial charge in [0.1, 0.15) is 0 Å². The predicted molar refractivity (Wildman–Crippen MR) is 66.2 cm³/mol. The van der Waals surface area contributed by atoms with Gasteiger partial charge in [-0.15, -0.1) is 0 Å². The number of aromatic nitrogens is 1. The fourth-order valence-corrected chi connectivity index (χ4v) is 2.45. The summed E-state index contributed by atoms with van der Waals surface area (Å²) in [6, 6.07) is 2.03. The van der Waals surface area contributed by atoms with Crippen LogP contribution in [-0.2, 0) is 4.79 Å². The number of nitrogens with zero attached hydrogens (tertiary/aromatic N) is 2. The van der Waals surface area contributed by atoms with E-state index in [9.17, 15) is 4.79 Å². The quantitative estimate of drug-likeness (QED) is 0.870. The molecule has 0 aromatic carbocycles. The fourth-order valence-electron chi connectivity index (χ4n) is 2.45. The second-order valence-corrected chi connectivity index (χ2v) is 4.69. The van der Waals surface area contributed by atoms with Gasteiger partial charge in [0.25, 0.3) is 0 Å². The van der Waals surface area contributed by atoms with E-state index in [0.29, 0.717) is 12.3 Å². The van der Waals surface area contributed by atoms with Gasteiger partial charge in [0.2, 0.25) is 0 Å². The molecule has 1 N–H and O–H groups in total. The molecule has 1 aliphatic rings. The molecule has 0 spiro atoms. The third-order valence-corrected chi connectivity index (χ3v) is 3.41. The summed E-state index contributed by atoms with van der Waals surface area (Å²) in [7, 11) is 0. The molecule has 4 heteroatoms. The van der Waals surface area contributed by atoms with Crippen molar-refractivity contribution in [3.05, 3.63) is 24.0 Å². The summed E-state index contributed by atoms with van der Waals surface area (Å²) >= 11 is 0. The molecule has 1 fully saturated rings. The van der Waals surface area contributed by atoms with Crippen LogP contribution in [0.15, 0.2) is 18.5 Å². The lowest BCUT2D eigenvalue weighted by Gasteiger charge is -2.33. The van der Waals surface area contributed by atoms with Crippen LogP contribution in [0.1, 0.15) is 24.8 Å². The lowest BCUT2D eigenvalue weighted by Crippen LogP contribution is -2.34. The average molecular weight is 234 g/mol. The first-order valence-corrected chi connectivity index (χ1v) is 6.04. The standard InChI is InChI=1S/C13H18N2O2/c1-10-9-14-5-2-12(10)15-6-3-11(4-7-15)8-13(16)17/h2,5,9,11H,3-4,6-8H2,1H3,(H,16,17). The number of anilines is 1. The molecule has 1 saturated heterocycles. The second kappa shape index (κ2) is 5.17. The number of aryl methyl sites for hydroxylation is 1. The van der Waals surface area contributed by atoms with Crippen molar-refractivity contribution in [3.63, 3.8) is 0 Å². The second-order valence-electron chi connectivity index (χ2n) is 4.69. The van der Waals surface area contributed by atoms with Crippen molar-refractivity contribution in [1.82, 2.24) is 4.98 Å². The summed E-state index contributed by atoms with van der Waals surface area (Å²) < 4.78 is 0. The number of piperidine rings is 1. The van der Waals surface area contributed by atoms with E-state index in [0.717, 1.165) is 25.9 Å². The molecule has 0 unspecified atom stereocenters. The first kappa shape index (κ1) is 11.9. The van der Waals surface area contributed by atoms with Crippen molar-refractivity contribution in [2.75, 3.05) is 18.0 Å². The lowest BCUT2D eigenvalue weighted by molar-refractivity contribution is -0.138. The summed E-state index contributed by atoms with van der Waals surface area (Å²) in [5.74, 6) is -0.338. The van der Waals surface area contributed by atoms with Crippen molar-refractivity contribution in [2.45, 2.75) is 26.2 Å². The number of hydrogen-bond donors (Lipinski definition) is 1. The van der Waals surface area contributed by atoms with Gasteiger partial charge in [0.05, 0.1) is 0 Å². The molecule has 2 heterocycles. The molecule has 2 rings (SSSR count). The lowest BCUT2D eigenvalue weighted by atomic mass is 9.93. The highest BCUT2D eigenvalue weighted by Gasteiger charge is 2.21. The highest BCUT2D eigenvalue weighted by atomic mass is 16.4. The number of pyridine rings is 1. The van der Waals surface area contributed by atoms with E-state index in [-0.39, 0.29) is 0 Å². The number of carboxylic acid groups (broad SMARTS) is 1. The van der Waals surface area contributed by atoms with Crippen molar-refractivity contribution < 1.29 is 9.90 Å². The number of carboxylic acids is 1. The number of rotatable bonds is 3. The van der Waals surface area contributed by atoms with Crippen molar-refractivity contribution in [1.29, 1.82) is 0 Å². The molecule has 0 atom stereocenters. The molecular weight excluding hydrogens is 216 g/mol. The number of hydrogen-bond acceptors (Lipinski definition) is 3. The molecule has 92 valence electrons. The maximum atomic E-state index is 10.7. The Balaban J connectivity index is 1.95. The van der Waals surface area contributed by atoms with E-state index in [4.69, 9.17) is 5.11 Å². The van der Waals surface area contributed by atoms with Gasteiger partial charge in [-0.2, -0.15) is 0 Å². The molecule has 0 amide bonds. The average Bonchev–Trinajstić information content (AvgIpc) is 2.30. The van der Waals surface area contributed by atoms with Crippen LogP contribution >= 0.6 is 0 Å². The molecule has 1 aromatic heterocycles. The molecule has 17 heavy (non-hydrogen) atoms. The van der Waals surface area contributed by atoms with Gasteiger partial charge in [0, 0.05) is 37.6 Å². The summed E-state index contributed by atoms with van der Waals surface area (Å²) in [5, 5.41) is 8.77. The number of carbonyl (C=O) groups is 1. The van der Waals surface area contributed by atoms with Crippen LogP contribution in [0.5, 0.6) is 0 Å². The molecular formula is C13H18N2O2. The molecule has 0 aliphatic carbocycles. The first-order valence-electron chi connectivity index (χ1n) is 6.04. The zero-order chi connectivity index (χ0) is 12.3. The van der Waals surface area contributed by atoms with E-state index in [1.165, 1.54) is 11.3 Å². The van der Waals surface area contributed by atoms with Gasteiger partial charge in [-0.3, -0.25) is 9.78 Å². The minimum Gasteiger partial charge on any atom is -0.481 e. The van der Waals surface area contributed by atoms with Gasteiger partial charge >= 0.3 is 5.97 Å². The Morgan fingerprint density at radius 1 is 1.53 bits per heavy atom. The highest BCUT2D eigenvalue weighted by molar-refractivity contribution is 5.67. The summed E-state index contributed by atoms with van der Waals surface area (Å²) in [5.41, 5.74) is 2.41. The van der Waals surface area contributed by atoms with Crippen molar-refractivity contribution in [2.24, 2.45) is 5.92 Å². The maximum absolute atomic E-state index is 10.7. The zero-order valence-corrected chi connectivity index (χ0v) is 10.1. The van der Waals surface area contributed by atoms with Crippen LogP contribution in [0, 0.1) is 12.8 Å². The summed E-state index contributed by atoms with van der Waals surface area (Å²) in [4.78, 5) is 17.1. The number of aliphatic carboxylic acids is 1. The monoisotopic (exact) mass is 234 g/mol. The van der Waals surface area contributed by atoms with Gasteiger partial charge in [-0.25, -0.2) is 0 Å². The Labute approximate surface area is 101 Å². The van der Waals surface area contributed by atoms with Gasteiger partial charge in [-0.1, -0.05) is 0 Å². The van der Waals surface area contributed by atoms with E-state index in [2.05, 4.69) is 16.8 Å². The van der Waals surface area contributed by atoms with Crippen LogP contribution in [0.2, 0.25) is 0 Å². The summed E-state index contributed by atoms with van der Waals surface area (Å²) in [6.45, 7) is 3.96. The SMILES string of the molecule is Cc1cnccc1N1CCC(CC(=O)O)CC1. The molecule has 1 aromatic rings. The Kier molecular flexibility index (Phi) is 3.61. The van der Waals surface area contributed by atoms with Crippen LogP contribution in [-0.4, -0.2) is 29.1 Å². The van der Waals surface area contributed by atoms with Crippen LogP contribution in [0.25, 0.3) is 0 Å². The van der Waals surface area contributed by atoms with E-state index in [1.54, 1.807) is 0 Å². The molecule has 0 bridgehead atoms. The largest absolute Gasteiger partial charge is 0.481 e. The minimum atomic E-state index is -0.677. The zero-order valence-electron chi connectivity index (χ0n) is 10.1. The smallest absolute Gasteiger partial charge is 0.303 e. The molecule has 0 radical (unpaired) electrons. The van der Waals surface area contributed by atoms with Crippen molar-refractivity contribution >= 4 is 11.7 Å². The Morgan fingerprint density at radius 2 is 2.24 bits per heavy atom. The van der Waals surface area contributed by atoms with E-state index >= 15 is 0 Å². The Hall–Kier alpha value is -1.58. The third kappa shape index (κ3) is 2.96. The molecule has 4 nitrogen and oxygen atoms in total. The predicted octanol–water partition coefficient (Wildman–Crippen LogP) is 2.08. The van der Waals surface area contributed by atoms with Crippen LogP contribution in [0.3, 0.4) is 0 Å². The minimum absolute atomic E-state index is 0.309. The molecule has 1 aliphatic heterocycles.